The van der Waals surface area contributed by atoms with E-state index in [1.807, 2.05) is 26.0 Å². The van der Waals surface area contributed by atoms with Gasteiger partial charge in [0.05, 0.1) is 0 Å². The van der Waals surface area contributed by atoms with E-state index in [1.54, 1.807) is 0 Å². The average molecular weight is 69.9 g/mol. The fourth-order valence-corrected chi connectivity index (χ4v) is 0. The predicted octanol–water partition coefficient (Wildman–Crippen LogP) is -0.203. The number of rotatable bonds is 0. The average Bonchev–Trinajstić information content (AvgIpc) is 0.811. The van der Waals surface area contributed by atoms with E-state index in [2.05, 4.69) is 0 Å². The molecule has 0 rings (SSSR count). The molecule has 0 unspecified atom stereocenters. The quantitative estimate of drug-likeness (QED) is 0.356. The molecule has 0 fully saturated rings. The Kier molecular flexibility index (Phi) is 7.16. The van der Waals surface area contributed by atoms with Gasteiger partial charge in [-0.15, -0.1) is 0 Å². The van der Waals surface area contributed by atoms with Gasteiger partial charge in [-0.3, -0.25) is 0 Å². The van der Waals surface area contributed by atoms with Crippen LogP contribution >= 0.6 is 0 Å². The Morgan fingerprint density at radius 3 is 1.00 bits per heavy atom. The third-order valence-corrected chi connectivity index (χ3v) is 0. The first kappa shape index (κ1) is 8.90. The summed E-state index contributed by atoms with van der Waals surface area (Å²) in [6, 6.07) is 0. The Morgan fingerprint density at radius 2 is 1.00 bits per heavy atom. The van der Waals surface area contributed by atoms with Gasteiger partial charge in [0.25, 0.3) is 0 Å². The van der Waals surface area contributed by atoms with Crippen molar-refractivity contribution in [3.05, 3.63) is 0 Å². The highest BCUT2D eigenvalue weighted by Gasteiger charge is 1.58. The van der Waals surface area contributed by atoms with Gasteiger partial charge in [0.15, 0.2) is 0 Å². The summed E-state index contributed by atoms with van der Waals surface area (Å²) in [7, 11) is 6.00. The molecular weight excluding hydrogens is 60.9 g/mol. The van der Waals surface area contributed by atoms with E-state index in [4.69, 9.17) is 0 Å². The van der Waals surface area contributed by atoms with Crippen LogP contribution in [0.15, 0.2) is 0 Å². The van der Waals surface area contributed by atoms with Crippen molar-refractivity contribution in [3.8, 4) is 0 Å². The molecule has 0 aromatic heterocycles. The molecular formula is C3H9BN. The van der Waals surface area contributed by atoms with Gasteiger partial charge in [0.1, 0.15) is 0 Å². The van der Waals surface area contributed by atoms with E-state index >= 15 is 0 Å². The van der Waals surface area contributed by atoms with Crippen molar-refractivity contribution in [3.63, 3.8) is 0 Å². The fourth-order valence-electron chi connectivity index (χ4n) is 0. The monoisotopic (exact) mass is 70.1 g/mol. The van der Waals surface area contributed by atoms with Gasteiger partial charge in [-0.25, -0.2) is 0 Å². The summed E-state index contributed by atoms with van der Waals surface area (Å²) >= 11 is 0. The van der Waals surface area contributed by atoms with Crippen LogP contribution in [0.2, 0.25) is 0 Å². The molecule has 0 aromatic carbocycles. The number of nitrogens with zero attached hydrogens (tertiary/aromatic N) is 1. The molecule has 0 heterocycles. The zero-order valence-corrected chi connectivity index (χ0v) is 4.02. The standard InChI is InChI=1S/C3H9N.B/c1-4(2)3;/h1-3H3;. The Bertz CT molecular complexity index is 11.6. The van der Waals surface area contributed by atoms with E-state index in [0.29, 0.717) is 0 Å². The van der Waals surface area contributed by atoms with Gasteiger partial charge < -0.3 is 4.90 Å². The summed E-state index contributed by atoms with van der Waals surface area (Å²) in [5.41, 5.74) is 0. The molecule has 0 atom stereocenters. The zero-order chi connectivity index (χ0) is 3.58. The van der Waals surface area contributed by atoms with Gasteiger partial charge in [-0.1, -0.05) is 0 Å². The van der Waals surface area contributed by atoms with Crippen molar-refractivity contribution < 1.29 is 0 Å². The van der Waals surface area contributed by atoms with Gasteiger partial charge in [0.2, 0.25) is 0 Å². The lowest BCUT2D eigenvalue weighted by atomic mass is 10.8. The normalized spacial score (nSPS) is 7.20. The van der Waals surface area contributed by atoms with Gasteiger partial charge in [-0.05, 0) is 21.1 Å². The largest absolute Gasteiger partial charge is 0.312 e. The highest BCUT2D eigenvalue weighted by Crippen LogP contribution is 1.47. The van der Waals surface area contributed by atoms with Crippen molar-refractivity contribution in [2.75, 3.05) is 21.1 Å². The highest BCUT2D eigenvalue weighted by molar-refractivity contribution is 5.75. The van der Waals surface area contributed by atoms with E-state index in [9.17, 15) is 0 Å². The van der Waals surface area contributed by atoms with Crippen LogP contribution < -0.4 is 0 Å². The lowest BCUT2D eigenvalue weighted by Gasteiger charge is -1.90. The van der Waals surface area contributed by atoms with Crippen LogP contribution in [0.3, 0.4) is 0 Å². The van der Waals surface area contributed by atoms with E-state index < -0.39 is 0 Å². The molecule has 0 amide bonds. The Labute approximate surface area is 35.6 Å². The maximum atomic E-state index is 2.00. The van der Waals surface area contributed by atoms with Crippen LogP contribution in [0, 0.1) is 0 Å². The summed E-state index contributed by atoms with van der Waals surface area (Å²) in [4.78, 5) is 2.00. The molecule has 0 N–H and O–H groups in total. The summed E-state index contributed by atoms with van der Waals surface area (Å²) in [5.74, 6) is 0. The van der Waals surface area contributed by atoms with Crippen LogP contribution in [0.25, 0.3) is 0 Å². The minimum Gasteiger partial charge on any atom is -0.312 e. The third kappa shape index (κ3) is 26500. The fraction of sp³-hybridized carbons (Fsp3) is 1.00. The van der Waals surface area contributed by atoms with Gasteiger partial charge in [-0.2, -0.15) is 0 Å². The first-order valence-corrected chi connectivity index (χ1v) is 1.34. The van der Waals surface area contributed by atoms with E-state index in [1.165, 1.54) is 0 Å². The first-order valence-electron chi connectivity index (χ1n) is 1.34. The van der Waals surface area contributed by atoms with Crippen molar-refractivity contribution in [2.45, 2.75) is 0 Å². The van der Waals surface area contributed by atoms with Crippen LogP contribution in [0.5, 0.6) is 0 Å². The Morgan fingerprint density at radius 1 is 1.00 bits per heavy atom. The molecule has 0 aromatic rings. The SMILES string of the molecule is CN(C)C.[B]. The molecule has 29 valence electrons. The van der Waals surface area contributed by atoms with Crippen molar-refractivity contribution in [2.24, 2.45) is 0 Å². The molecule has 1 nitrogen and oxygen atoms in total. The minimum atomic E-state index is 0. The predicted molar refractivity (Wildman–Crippen MR) is 25.4 cm³/mol. The van der Waals surface area contributed by atoms with Crippen molar-refractivity contribution in [1.29, 1.82) is 0 Å². The van der Waals surface area contributed by atoms with Crippen LogP contribution in [0.1, 0.15) is 0 Å². The molecule has 5 heavy (non-hydrogen) atoms. The summed E-state index contributed by atoms with van der Waals surface area (Å²) < 4.78 is 0. The second-order valence-corrected chi connectivity index (χ2v) is 1.34. The van der Waals surface area contributed by atoms with Gasteiger partial charge >= 0.3 is 0 Å². The second kappa shape index (κ2) is 4.02. The first-order chi connectivity index (χ1) is 1.73. The molecule has 3 radical (unpaired) electrons. The zero-order valence-electron chi connectivity index (χ0n) is 4.02. The molecule has 0 aliphatic carbocycles. The van der Waals surface area contributed by atoms with Crippen LogP contribution in [0.4, 0.5) is 0 Å². The Hall–Kier alpha value is 0.0249. The molecule has 0 aliphatic heterocycles. The molecule has 0 saturated carbocycles. The molecule has 0 spiro atoms. The highest BCUT2D eigenvalue weighted by atomic mass is 15.0. The maximum absolute atomic E-state index is 2.00. The summed E-state index contributed by atoms with van der Waals surface area (Å²) in [6.45, 7) is 0. The van der Waals surface area contributed by atoms with Crippen LogP contribution in [-0.4, -0.2) is 34.5 Å². The maximum Gasteiger partial charge on any atom is 0 e. The summed E-state index contributed by atoms with van der Waals surface area (Å²) in [5, 5.41) is 0. The molecule has 2 heteroatoms. The molecule has 0 saturated heterocycles. The van der Waals surface area contributed by atoms with E-state index in [-0.39, 0.29) is 8.41 Å². The lowest BCUT2D eigenvalue weighted by molar-refractivity contribution is 0.505. The summed E-state index contributed by atoms with van der Waals surface area (Å²) in [6.07, 6.45) is 0. The lowest BCUT2D eigenvalue weighted by Crippen LogP contribution is -1.99. The van der Waals surface area contributed by atoms with Crippen molar-refractivity contribution in [1.82, 2.24) is 4.90 Å². The van der Waals surface area contributed by atoms with Gasteiger partial charge in [0, 0.05) is 8.41 Å². The third-order valence-electron chi connectivity index (χ3n) is 0. The molecule has 0 bridgehead atoms. The number of hydrogen-bond donors (Lipinski definition) is 0. The molecule has 0 aliphatic rings. The second-order valence-electron chi connectivity index (χ2n) is 1.34. The van der Waals surface area contributed by atoms with Crippen molar-refractivity contribution >= 4 is 8.41 Å². The number of hydrogen-bond acceptors (Lipinski definition) is 1. The van der Waals surface area contributed by atoms with E-state index in [0.717, 1.165) is 0 Å². The smallest absolute Gasteiger partial charge is 0 e. The minimum absolute atomic E-state index is 0. The van der Waals surface area contributed by atoms with Crippen LogP contribution in [-0.2, 0) is 0 Å². The topological polar surface area (TPSA) is 3.24 Å². The Balaban J connectivity index is 0.